The van der Waals surface area contributed by atoms with Crippen LogP contribution >= 0.6 is 11.6 Å². The van der Waals surface area contributed by atoms with Crippen molar-refractivity contribution < 1.29 is 5.11 Å². The predicted octanol–water partition coefficient (Wildman–Crippen LogP) is 2.08. The van der Waals surface area contributed by atoms with Gasteiger partial charge in [0.15, 0.2) is 0 Å². The summed E-state index contributed by atoms with van der Waals surface area (Å²) in [5.74, 6) is 0. The molecule has 78 valence electrons. The number of nitrogens with zero attached hydrogens (tertiary/aromatic N) is 2. The zero-order valence-corrected chi connectivity index (χ0v) is 8.85. The third-order valence-electron chi connectivity index (χ3n) is 2.20. The highest BCUT2D eigenvalue weighted by molar-refractivity contribution is 6.30. The zero-order chi connectivity index (χ0) is 10.7. The van der Waals surface area contributed by atoms with Crippen molar-refractivity contribution in [1.29, 1.82) is 0 Å². The molecule has 15 heavy (non-hydrogen) atoms. The molecule has 3 nitrogen and oxygen atoms in total. The van der Waals surface area contributed by atoms with Crippen LogP contribution in [0.25, 0.3) is 0 Å². The first-order valence-electron chi connectivity index (χ1n) is 4.64. The largest absolute Gasteiger partial charge is 0.390 e. The molecule has 0 aliphatic carbocycles. The molecular weight excluding hydrogens is 212 g/mol. The van der Waals surface area contributed by atoms with Crippen molar-refractivity contribution in [1.82, 2.24) is 9.55 Å². The molecule has 0 unspecified atom stereocenters. The van der Waals surface area contributed by atoms with Crippen molar-refractivity contribution in [2.24, 2.45) is 0 Å². The van der Waals surface area contributed by atoms with Gasteiger partial charge in [0.1, 0.15) is 0 Å². The third kappa shape index (κ3) is 2.37. The molecule has 2 aromatic rings. The minimum atomic E-state index is 0.000561. The average Bonchev–Trinajstić information content (AvgIpc) is 2.65. The maximum atomic E-state index is 9.05. The molecule has 0 amide bonds. The van der Waals surface area contributed by atoms with Crippen LogP contribution in [-0.4, -0.2) is 14.7 Å². The molecule has 0 fully saturated rings. The van der Waals surface area contributed by atoms with Gasteiger partial charge in [0.2, 0.25) is 0 Å². The summed E-state index contributed by atoms with van der Waals surface area (Å²) in [6.07, 6.45) is 3.36. The Morgan fingerprint density at radius 2 is 2.27 bits per heavy atom. The van der Waals surface area contributed by atoms with Crippen molar-refractivity contribution in [2.45, 2.75) is 13.2 Å². The lowest BCUT2D eigenvalue weighted by Gasteiger charge is -2.06. The number of hydrogen-bond acceptors (Lipinski definition) is 2. The molecule has 0 aliphatic heterocycles. The highest BCUT2D eigenvalue weighted by Crippen LogP contribution is 2.12. The van der Waals surface area contributed by atoms with E-state index in [1.807, 2.05) is 28.8 Å². The van der Waals surface area contributed by atoms with Gasteiger partial charge in [-0.1, -0.05) is 23.7 Å². The number of aliphatic hydroxyl groups excluding tert-OH is 1. The Hall–Kier alpha value is -1.32. The monoisotopic (exact) mass is 222 g/mol. The average molecular weight is 223 g/mol. The second-order valence-electron chi connectivity index (χ2n) is 3.30. The summed E-state index contributed by atoms with van der Waals surface area (Å²) in [5, 5.41) is 9.77. The van der Waals surface area contributed by atoms with Crippen molar-refractivity contribution in [3.8, 4) is 0 Å². The van der Waals surface area contributed by atoms with Crippen LogP contribution in [0.2, 0.25) is 5.02 Å². The van der Waals surface area contributed by atoms with Crippen molar-refractivity contribution in [3.05, 3.63) is 53.1 Å². The van der Waals surface area contributed by atoms with Crippen molar-refractivity contribution >= 4 is 11.6 Å². The Morgan fingerprint density at radius 3 is 3.00 bits per heavy atom. The Labute approximate surface area is 93.0 Å². The van der Waals surface area contributed by atoms with E-state index in [1.54, 1.807) is 12.5 Å². The first kappa shape index (κ1) is 10.2. The number of imidazole rings is 1. The maximum absolute atomic E-state index is 9.05. The molecule has 1 N–H and O–H groups in total. The number of hydrogen-bond donors (Lipinski definition) is 1. The van der Waals surface area contributed by atoms with Crippen LogP contribution in [0, 0.1) is 0 Å². The summed E-state index contributed by atoms with van der Waals surface area (Å²) in [6.45, 7) is 0.678. The summed E-state index contributed by atoms with van der Waals surface area (Å²) >= 11 is 5.88. The minimum Gasteiger partial charge on any atom is -0.390 e. The predicted molar refractivity (Wildman–Crippen MR) is 58.7 cm³/mol. The lowest BCUT2D eigenvalue weighted by atomic mass is 10.2. The van der Waals surface area contributed by atoms with Crippen LogP contribution in [0.5, 0.6) is 0 Å². The van der Waals surface area contributed by atoms with Gasteiger partial charge in [-0.3, -0.25) is 0 Å². The first-order valence-corrected chi connectivity index (χ1v) is 5.01. The lowest BCUT2D eigenvalue weighted by molar-refractivity contribution is 0.271. The van der Waals surface area contributed by atoms with Crippen molar-refractivity contribution in [2.75, 3.05) is 0 Å². The molecule has 1 aromatic carbocycles. The summed E-state index contributed by atoms with van der Waals surface area (Å²) in [4.78, 5) is 3.98. The van der Waals surface area contributed by atoms with E-state index < -0.39 is 0 Å². The molecule has 0 saturated heterocycles. The normalized spacial score (nSPS) is 10.5. The van der Waals surface area contributed by atoms with E-state index in [0.29, 0.717) is 6.54 Å². The van der Waals surface area contributed by atoms with Crippen LogP contribution in [0.15, 0.2) is 36.8 Å². The molecule has 0 aliphatic rings. The molecule has 0 atom stereocenters. The van der Waals surface area contributed by atoms with E-state index in [-0.39, 0.29) is 6.61 Å². The third-order valence-corrected chi connectivity index (χ3v) is 2.44. The molecule has 1 heterocycles. The minimum absolute atomic E-state index is 0.000561. The van der Waals surface area contributed by atoms with Gasteiger partial charge in [-0.15, -0.1) is 0 Å². The quantitative estimate of drug-likeness (QED) is 0.864. The molecule has 0 bridgehead atoms. The van der Waals surface area contributed by atoms with Gasteiger partial charge in [0.05, 0.1) is 24.8 Å². The second-order valence-corrected chi connectivity index (χ2v) is 3.74. The highest BCUT2D eigenvalue weighted by atomic mass is 35.5. The summed E-state index contributed by atoms with van der Waals surface area (Å²) in [6, 6.07) is 7.65. The summed E-state index contributed by atoms with van der Waals surface area (Å²) < 4.78 is 1.89. The van der Waals surface area contributed by atoms with E-state index in [1.165, 1.54) is 0 Å². The molecular formula is C11H11ClN2O. The Balaban J connectivity index is 2.22. The van der Waals surface area contributed by atoms with E-state index in [2.05, 4.69) is 4.98 Å². The van der Waals surface area contributed by atoms with Crippen LogP contribution < -0.4 is 0 Å². The van der Waals surface area contributed by atoms with Gasteiger partial charge < -0.3 is 9.67 Å². The Kier molecular flexibility index (Phi) is 3.04. The molecule has 0 spiro atoms. The zero-order valence-electron chi connectivity index (χ0n) is 8.10. The summed E-state index contributed by atoms with van der Waals surface area (Å²) in [7, 11) is 0. The van der Waals surface area contributed by atoms with Crippen molar-refractivity contribution in [3.63, 3.8) is 0 Å². The number of aromatic nitrogens is 2. The van der Waals surface area contributed by atoms with E-state index in [0.717, 1.165) is 16.3 Å². The SMILES string of the molecule is OCc1cncn1Cc1cccc(Cl)c1. The van der Waals surface area contributed by atoms with Crippen LogP contribution in [-0.2, 0) is 13.2 Å². The standard InChI is InChI=1S/C11H11ClN2O/c12-10-3-1-2-9(4-10)6-14-8-13-5-11(14)7-15/h1-5,8,15H,6-7H2. The Morgan fingerprint density at radius 1 is 1.40 bits per heavy atom. The molecule has 1 aromatic heterocycles. The summed E-state index contributed by atoms with van der Waals surface area (Å²) in [5.41, 5.74) is 1.89. The van der Waals surface area contributed by atoms with E-state index in [9.17, 15) is 0 Å². The number of benzene rings is 1. The van der Waals surface area contributed by atoms with Gasteiger partial charge >= 0.3 is 0 Å². The number of halogens is 1. The van der Waals surface area contributed by atoms with Gasteiger partial charge in [-0.05, 0) is 17.7 Å². The van der Waals surface area contributed by atoms with Gasteiger partial charge in [-0.2, -0.15) is 0 Å². The molecule has 0 radical (unpaired) electrons. The fraction of sp³-hybridized carbons (Fsp3) is 0.182. The second kappa shape index (κ2) is 4.47. The number of rotatable bonds is 3. The highest BCUT2D eigenvalue weighted by Gasteiger charge is 2.01. The fourth-order valence-corrected chi connectivity index (χ4v) is 1.67. The first-order chi connectivity index (χ1) is 7.29. The van der Waals surface area contributed by atoms with E-state index in [4.69, 9.17) is 16.7 Å². The van der Waals surface area contributed by atoms with Gasteiger partial charge in [0.25, 0.3) is 0 Å². The van der Waals surface area contributed by atoms with Gasteiger partial charge in [0, 0.05) is 11.6 Å². The number of aliphatic hydroxyl groups is 1. The maximum Gasteiger partial charge on any atom is 0.0952 e. The Bertz CT molecular complexity index is 453. The topological polar surface area (TPSA) is 38.1 Å². The van der Waals surface area contributed by atoms with Gasteiger partial charge in [-0.25, -0.2) is 4.98 Å². The van der Waals surface area contributed by atoms with Crippen LogP contribution in [0.3, 0.4) is 0 Å². The molecule has 4 heteroatoms. The smallest absolute Gasteiger partial charge is 0.0952 e. The van der Waals surface area contributed by atoms with Crippen LogP contribution in [0.1, 0.15) is 11.3 Å². The fourth-order valence-electron chi connectivity index (χ4n) is 1.45. The lowest BCUT2D eigenvalue weighted by Crippen LogP contribution is -2.02. The van der Waals surface area contributed by atoms with E-state index >= 15 is 0 Å². The molecule has 0 saturated carbocycles. The van der Waals surface area contributed by atoms with Crippen LogP contribution in [0.4, 0.5) is 0 Å². The molecule has 2 rings (SSSR count).